The fourth-order valence-electron chi connectivity index (χ4n) is 2.51. The minimum absolute atomic E-state index is 0.0141. The number of benzene rings is 2. The van der Waals surface area contributed by atoms with E-state index in [0.29, 0.717) is 11.6 Å². The van der Waals surface area contributed by atoms with Gasteiger partial charge in [-0.05, 0) is 43.1 Å². The maximum Gasteiger partial charge on any atom is 0.238 e. The molecule has 0 heterocycles. The third kappa shape index (κ3) is 5.38. The summed E-state index contributed by atoms with van der Waals surface area (Å²) in [6, 6.07) is 15.8. The van der Waals surface area contributed by atoms with Crippen LogP contribution in [0, 0.1) is 6.92 Å². The van der Waals surface area contributed by atoms with Gasteiger partial charge in [0.05, 0.1) is 6.54 Å². The monoisotopic (exact) mass is 330 g/mol. The Morgan fingerprint density at radius 2 is 1.87 bits per heavy atom. The number of nitrogens with zero attached hydrogens (tertiary/aromatic N) is 1. The van der Waals surface area contributed by atoms with Crippen molar-refractivity contribution in [2.45, 2.75) is 26.8 Å². The zero-order valence-corrected chi connectivity index (χ0v) is 14.4. The highest BCUT2D eigenvalue weighted by molar-refractivity contribution is 6.31. The molecule has 0 saturated carbocycles. The van der Waals surface area contributed by atoms with Gasteiger partial charge in [-0.3, -0.25) is 9.69 Å². The Morgan fingerprint density at radius 1 is 1.13 bits per heavy atom. The molecule has 0 aliphatic carbocycles. The summed E-state index contributed by atoms with van der Waals surface area (Å²) < 4.78 is 0. The molecule has 2 aromatic rings. The number of hydrogen-bond acceptors (Lipinski definition) is 2. The van der Waals surface area contributed by atoms with Gasteiger partial charge < -0.3 is 5.32 Å². The average molecular weight is 331 g/mol. The maximum atomic E-state index is 12.4. The quantitative estimate of drug-likeness (QED) is 0.810. The number of nitrogens with one attached hydrogen (secondary N) is 1. The number of halogens is 1. The molecule has 0 fully saturated rings. The Balaban J connectivity index is 1.99. The van der Waals surface area contributed by atoms with E-state index < -0.39 is 0 Å². The van der Waals surface area contributed by atoms with Crippen LogP contribution in [0.4, 0.5) is 5.69 Å². The molecule has 3 nitrogen and oxygen atoms in total. The number of rotatable bonds is 7. The summed E-state index contributed by atoms with van der Waals surface area (Å²) in [5.41, 5.74) is 2.89. The Morgan fingerprint density at radius 3 is 2.57 bits per heavy atom. The number of carbonyl (C=O) groups is 1. The lowest BCUT2D eigenvalue weighted by atomic mass is 10.2. The van der Waals surface area contributed by atoms with Gasteiger partial charge in [-0.25, -0.2) is 0 Å². The molecule has 2 aromatic carbocycles. The molecule has 23 heavy (non-hydrogen) atoms. The van der Waals surface area contributed by atoms with Crippen LogP contribution >= 0.6 is 11.6 Å². The Kier molecular flexibility index (Phi) is 6.63. The van der Waals surface area contributed by atoms with Crippen molar-refractivity contribution in [2.75, 3.05) is 18.4 Å². The fourth-order valence-corrected chi connectivity index (χ4v) is 2.68. The summed E-state index contributed by atoms with van der Waals surface area (Å²) in [7, 11) is 0. The topological polar surface area (TPSA) is 32.3 Å². The summed E-state index contributed by atoms with van der Waals surface area (Å²) in [6.07, 6.45) is 1.01. The minimum atomic E-state index is -0.0141. The van der Waals surface area contributed by atoms with E-state index in [4.69, 9.17) is 11.6 Å². The van der Waals surface area contributed by atoms with E-state index in [0.717, 1.165) is 30.8 Å². The van der Waals surface area contributed by atoms with Crippen molar-refractivity contribution in [1.29, 1.82) is 0 Å². The molecule has 1 N–H and O–H groups in total. The van der Waals surface area contributed by atoms with Crippen LogP contribution in [0.3, 0.4) is 0 Å². The van der Waals surface area contributed by atoms with Gasteiger partial charge >= 0.3 is 0 Å². The summed E-state index contributed by atoms with van der Waals surface area (Å²) in [5, 5.41) is 3.63. The lowest BCUT2D eigenvalue weighted by molar-refractivity contribution is -0.117. The van der Waals surface area contributed by atoms with Gasteiger partial charge in [0.25, 0.3) is 0 Å². The van der Waals surface area contributed by atoms with Crippen molar-refractivity contribution in [3.05, 3.63) is 64.7 Å². The van der Waals surface area contributed by atoms with Gasteiger partial charge in [-0.2, -0.15) is 0 Å². The summed E-state index contributed by atoms with van der Waals surface area (Å²) in [5.74, 6) is -0.0141. The molecule has 0 aliphatic rings. The highest BCUT2D eigenvalue weighted by Crippen LogP contribution is 2.22. The summed E-state index contributed by atoms with van der Waals surface area (Å²) in [6.45, 7) is 6.06. The van der Waals surface area contributed by atoms with Crippen LogP contribution in [-0.2, 0) is 11.3 Å². The van der Waals surface area contributed by atoms with Crippen LogP contribution in [0.15, 0.2) is 48.5 Å². The largest absolute Gasteiger partial charge is 0.325 e. The fraction of sp³-hybridized carbons (Fsp3) is 0.316. The first kappa shape index (κ1) is 17.5. The molecule has 122 valence electrons. The van der Waals surface area contributed by atoms with Crippen molar-refractivity contribution in [3.63, 3.8) is 0 Å². The zero-order valence-electron chi connectivity index (χ0n) is 13.7. The molecule has 4 heteroatoms. The highest BCUT2D eigenvalue weighted by atomic mass is 35.5. The molecular weight excluding hydrogens is 308 g/mol. The van der Waals surface area contributed by atoms with E-state index in [9.17, 15) is 4.79 Å². The molecule has 0 spiro atoms. The van der Waals surface area contributed by atoms with Gasteiger partial charge in [0.2, 0.25) is 5.91 Å². The predicted molar refractivity (Wildman–Crippen MR) is 96.8 cm³/mol. The molecule has 0 atom stereocenters. The van der Waals surface area contributed by atoms with Gasteiger partial charge in [0.15, 0.2) is 0 Å². The molecule has 0 bridgehead atoms. The second-order valence-electron chi connectivity index (χ2n) is 5.66. The smallest absolute Gasteiger partial charge is 0.238 e. The third-order valence-electron chi connectivity index (χ3n) is 3.70. The Bertz CT molecular complexity index is 643. The van der Waals surface area contributed by atoms with E-state index in [2.05, 4.69) is 29.3 Å². The van der Waals surface area contributed by atoms with E-state index >= 15 is 0 Å². The molecule has 0 aliphatic heterocycles. The second kappa shape index (κ2) is 8.70. The van der Waals surface area contributed by atoms with Crippen molar-refractivity contribution >= 4 is 23.2 Å². The lowest BCUT2D eigenvalue weighted by Crippen LogP contribution is -2.33. The van der Waals surface area contributed by atoms with E-state index in [1.54, 1.807) is 0 Å². The number of anilines is 1. The van der Waals surface area contributed by atoms with Crippen LogP contribution in [0.5, 0.6) is 0 Å². The number of amides is 1. The van der Waals surface area contributed by atoms with E-state index in [1.165, 1.54) is 5.56 Å². The van der Waals surface area contributed by atoms with Crippen LogP contribution in [0.2, 0.25) is 5.02 Å². The van der Waals surface area contributed by atoms with E-state index in [-0.39, 0.29) is 5.91 Å². The number of carbonyl (C=O) groups excluding carboxylic acids is 1. The van der Waals surface area contributed by atoms with Gasteiger partial charge in [-0.1, -0.05) is 54.9 Å². The SMILES string of the molecule is CCCN(CC(=O)Nc1cccc(Cl)c1C)Cc1ccccc1. The molecular formula is C19H23ClN2O. The zero-order chi connectivity index (χ0) is 16.7. The van der Waals surface area contributed by atoms with Crippen LogP contribution in [0.1, 0.15) is 24.5 Å². The molecule has 0 aromatic heterocycles. The van der Waals surface area contributed by atoms with Crippen molar-refractivity contribution in [3.8, 4) is 0 Å². The highest BCUT2D eigenvalue weighted by Gasteiger charge is 2.12. The Labute approximate surface area is 143 Å². The van der Waals surface area contributed by atoms with Crippen molar-refractivity contribution in [1.82, 2.24) is 4.90 Å². The standard InChI is InChI=1S/C19H23ClN2O/c1-3-12-22(13-16-8-5-4-6-9-16)14-19(23)21-18-11-7-10-17(20)15(18)2/h4-11H,3,12-14H2,1-2H3,(H,21,23). The normalized spacial score (nSPS) is 10.8. The first-order valence-electron chi connectivity index (χ1n) is 7.91. The van der Waals surface area contributed by atoms with Crippen LogP contribution in [0.25, 0.3) is 0 Å². The first-order chi connectivity index (χ1) is 11.1. The second-order valence-corrected chi connectivity index (χ2v) is 6.06. The minimum Gasteiger partial charge on any atom is -0.325 e. The number of hydrogen-bond donors (Lipinski definition) is 1. The van der Waals surface area contributed by atoms with Crippen molar-refractivity contribution in [2.24, 2.45) is 0 Å². The maximum absolute atomic E-state index is 12.4. The Hall–Kier alpha value is -1.84. The third-order valence-corrected chi connectivity index (χ3v) is 4.11. The van der Waals surface area contributed by atoms with Crippen LogP contribution < -0.4 is 5.32 Å². The summed E-state index contributed by atoms with van der Waals surface area (Å²) >= 11 is 6.10. The van der Waals surface area contributed by atoms with Crippen molar-refractivity contribution < 1.29 is 4.79 Å². The molecule has 0 unspecified atom stereocenters. The summed E-state index contributed by atoms with van der Waals surface area (Å²) in [4.78, 5) is 14.5. The molecule has 0 radical (unpaired) electrons. The van der Waals surface area contributed by atoms with E-state index in [1.807, 2.05) is 43.3 Å². The molecule has 0 saturated heterocycles. The average Bonchev–Trinajstić information content (AvgIpc) is 2.53. The lowest BCUT2D eigenvalue weighted by Gasteiger charge is -2.21. The molecule has 2 rings (SSSR count). The van der Waals surface area contributed by atoms with Gasteiger partial charge in [0.1, 0.15) is 0 Å². The first-order valence-corrected chi connectivity index (χ1v) is 8.29. The predicted octanol–water partition coefficient (Wildman–Crippen LogP) is 4.50. The molecule has 1 amide bonds. The van der Waals surface area contributed by atoms with Crippen LogP contribution in [-0.4, -0.2) is 23.9 Å². The van der Waals surface area contributed by atoms with Gasteiger partial charge in [0, 0.05) is 17.3 Å². The van der Waals surface area contributed by atoms with Gasteiger partial charge in [-0.15, -0.1) is 0 Å².